The third-order valence-electron chi connectivity index (χ3n) is 8.97. The van der Waals surface area contributed by atoms with Crippen LogP contribution >= 0.6 is 0 Å². The van der Waals surface area contributed by atoms with Crippen molar-refractivity contribution >= 4 is 17.7 Å². The molecule has 3 amide bonds. The first kappa shape index (κ1) is 29.5. The number of carbonyl (C=O) groups is 3. The third-order valence-corrected chi connectivity index (χ3v) is 8.97. The molecule has 216 valence electrons. The summed E-state index contributed by atoms with van der Waals surface area (Å²) in [6.07, 6.45) is 2.93. The topological polar surface area (TPSA) is 108 Å². The number of aliphatic hydroxyl groups is 1. The number of aliphatic hydroxyl groups excluding tert-OH is 1. The van der Waals surface area contributed by atoms with Gasteiger partial charge in [0.25, 0.3) is 0 Å². The highest BCUT2D eigenvalue weighted by atomic mass is 16.5. The van der Waals surface area contributed by atoms with Gasteiger partial charge in [0.2, 0.25) is 17.7 Å². The van der Waals surface area contributed by atoms with Crippen LogP contribution in [0.3, 0.4) is 0 Å². The van der Waals surface area contributed by atoms with Gasteiger partial charge in [0.15, 0.2) is 0 Å². The van der Waals surface area contributed by atoms with Crippen LogP contribution in [0.1, 0.15) is 86.1 Å². The number of carbonyl (C=O) groups excluding carboxylic acids is 3. The lowest BCUT2D eigenvalue weighted by Gasteiger charge is -2.40. The normalized spacial score (nSPS) is 30.8. The number of fused-ring (bicyclic) bond motifs is 1. The molecule has 3 heterocycles. The minimum atomic E-state index is -1.10. The largest absolute Gasteiger partial charge is 0.394 e. The van der Waals surface area contributed by atoms with E-state index in [0.717, 1.165) is 12.0 Å². The van der Waals surface area contributed by atoms with Crippen LogP contribution in [0.15, 0.2) is 30.3 Å². The first-order chi connectivity index (χ1) is 18.2. The molecule has 8 heteroatoms. The fourth-order valence-electron chi connectivity index (χ4n) is 7.83. The molecule has 0 aliphatic carbocycles. The molecule has 1 spiro atoms. The summed E-state index contributed by atoms with van der Waals surface area (Å²) in [4.78, 5) is 43.8. The maximum Gasteiger partial charge on any atom is 0.246 e. The van der Waals surface area contributed by atoms with Crippen molar-refractivity contribution < 1.29 is 24.2 Å². The number of ether oxygens (including phenoxy) is 1. The van der Waals surface area contributed by atoms with Crippen LogP contribution in [-0.2, 0) is 25.7 Å². The van der Waals surface area contributed by atoms with Crippen LogP contribution in [0.2, 0.25) is 0 Å². The van der Waals surface area contributed by atoms with Crippen LogP contribution in [0, 0.1) is 17.3 Å². The SMILES string of the molecule is CC[C@@H](CO)N1C(=O)[C@@H]2[C@@H](C(=O)NCc3ccccc3)[C@@]3(CC)CCC2(O3)C1C(=O)NC(C)(C)CC(C)(C)C. The van der Waals surface area contributed by atoms with Gasteiger partial charge in [0.05, 0.1) is 30.1 Å². The van der Waals surface area contributed by atoms with Crippen molar-refractivity contribution in [1.82, 2.24) is 15.5 Å². The van der Waals surface area contributed by atoms with Gasteiger partial charge < -0.3 is 25.4 Å². The summed E-state index contributed by atoms with van der Waals surface area (Å²) in [6, 6.07) is 8.23. The Morgan fingerprint density at radius 3 is 2.33 bits per heavy atom. The Morgan fingerprint density at radius 2 is 1.77 bits per heavy atom. The quantitative estimate of drug-likeness (QED) is 0.420. The molecule has 1 aromatic rings. The predicted octanol–water partition coefficient (Wildman–Crippen LogP) is 3.56. The molecule has 3 aliphatic heterocycles. The van der Waals surface area contributed by atoms with Crippen LogP contribution in [0.25, 0.3) is 0 Å². The number of hydrogen-bond donors (Lipinski definition) is 3. The Labute approximate surface area is 233 Å². The van der Waals surface area contributed by atoms with Gasteiger partial charge in [-0.3, -0.25) is 14.4 Å². The second-order valence-electron chi connectivity index (χ2n) is 13.6. The predicted molar refractivity (Wildman–Crippen MR) is 149 cm³/mol. The standard InChI is InChI=1S/C31H47N3O5/c1-8-21(18-35)34-24(26(37)33-29(6,7)19-28(3,4)5)31-16-15-30(9-2,39-31)22(23(31)27(34)38)25(36)32-17-20-13-11-10-12-14-20/h10-14,21-24,35H,8-9,15-19H2,1-7H3,(H,32,36)(H,33,37)/t21-,22-,23-,24?,30+,31?/m0/s1. The summed E-state index contributed by atoms with van der Waals surface area (Å²) in [5.41, 5.74) is -1.47. The van der Waals surface area contributed by atoms with Gasteiger partial charge in [-0.1, -0.05) is 65.0 Å². The van der Waals surface area contributed by atoms with Crippen molar-refractivity contribution in [3.05, 3.63) is 35.9 Å². The first-order valence-electron chi connectivity index (χ1n) is 14.5. The minimum absolute atomic E-state index is 0.0175. The van der Waals surface area contributed by atoms with E-state index in [1.807, 2.05) is 58.0 Å². The molecule has 8 nitrogen and oxygen atoms in total. The van der Waals surface area contributed by atoms with Gasteiger partial charge in [-0.05, 0) is 56.9 Å². The van der Waals surface area contributed by atoms with Gasteiger partial charge in [0.1, 0.15) is 11.6 Å². The number of likely N-dealkylation sites (tertiary alicyclic amines) is 1. The van der Waals surface area contributed by atoms with E-state index in [-0.39, 0.29) is 29.7 Å². The van der Waals surface area contributed by atoms with Crippen LogP contribution in [-0.4, -0.2) is 63.2 Å². The second-order valence-corrected chi connectivity index (χ2v) is 13.6. The molecule has 6 atom stereocenters. The van der Waals surface area contributed by atoms with E-state index in [4.69, 9.17) is 4.74 Å². The second kappa shape index (κ2) is 10.5. The summed E-state index contributed by atoms with van der Waals surface area (Å²) in [6.45, 7) is 14.4. The number of amides is 3. The molecule has 0 saturated carbocycles. The van der Waals surface area contributed by atoms with E-state index in [1.165, 1.54) is 0 Å². The number of rotatable bonds is 10. The molecule has 0 radical (unpaired) electrons. The zero-order chi connectivity index (χ0) is 28.8. The Morgan fingerprint density at radius 1 is 1.10 bits per heavy atom. The van der Waals surface area contributed by atoms with Gasteiger partial charge >= 0.3 is 0 Å². The Bertz CT molecular complexity index is 1080. The van der Waals surface area contributed by atoms with Crippen molar-refractivity contribution in [2.24, 2.45) is 17.3 Å². The van der Waals surface area contributed by atoms with Crippen molar-refractivity contribution in [3.63, 3.8) is 0 Å². The van der Waals surface area contributed by atoms with Gasteiger partial charge in [-0.25, -0.2) is 0 Å². The van der Waals surface area contributed by atoms with Gasteiger partial charge in [-0.2, -0.15) is 0 Å². The highest BCUT2D eigenvalue weighted by Gasteiger charge is 2.79. The van der Waals surface area contributed by atoms with E-state index in [1.54, 1.807) is 4.90 Å². The minimum Gasteiger partial charge on any atom is -0.394 e. The first-order valence-corrected chi connectivity index (χ1v) is 14.5. The number of nitrogens with one attached hydrogen (secondary N) is 2. The van der Waals surface area contributed by atoms with Gasteiger partial charge in [0, 0.05) is 12.1 Å². The molecular weight excluding hydrogens is 494 g/mol. The molecule has 39 heavy (non-hydrogen) atoms. The molecular formula is C31H47N3O5. The van der Waals surface area contributed by atoms with E-state index in [9.17, 15) is 19.5 Å². The molecule has 2 bridgehead atoms. The van der Waals surface area contributed by atoms with Crippen LogP contribution < -0.4 is 10.6 Å². The van der Waals surface area contributed by atoms with Crippen LogP contribution in [0.4, 0.5) is 0 Å². The summed E-state index contributed by atoms with van der Waals surface area (Å²) in [5.74, 6) is -2.23. The monoisotopic (exact) mass is 541 g/mol. The van der Waals surface area contributed by atoms with Crippen molar-refractivity contribution in [1.29, 1.82) is 0 Å². The van der Waals surface area contributed by atoms with Crippen molar-refractivity contribution in [2.45, 2.75) is 116 Å². The van der Waals surface area contributed by atoms with E-state index < -0.39 is 40.7 Å². The zero-order valence-corrected chi connectivity index (χ0v) is 24.7. The zero-order valence-electron chi connectivity index (χ0n) is 24.7. The fraction of sp³-hybridized carbons (Fsp3) is 0.710. The molecule has 3 saturated heterocycles. The summed E-state index contributed by atoms with van der Waals surface area (Å²) >= 11 is 0. The number of hydrogen-bond acceptors (Lipinski definition) is 5. The fourth-order valence-corrected chi connectivity index (χ4v) is 7.83. The average molecular weight is 542 g/mol. The molecule has 3 N–H and O–H groups in total. The third kappa shape index (κ3) is 5.22. The highest BCUT2D eigenvalue weighted by molar-refractivity contribution is 5.99. The lowest BCUT2D eigenvalue weighted by Crippen LogP contribution is -2.61. The Hall–Kier alpha value is -2.45. The molecule has 2 unspecified atom stereocenters. The number of benzene rings is 1. The average Bonchev–Trinajstić information content (AvgIpc) is 3.46. The van der Waals surface area contributed by atoms with Crippen molar-refractivity contribution in [3.8, 4) is 0 Å². The van der Waals surface area contributed by atoms with E-state index >= 15 is 0 Å². The Kier molecular flexibility index (Phi) is 7.96. The smallest absolute Gasteiger partial charge is 0.246 e. The maximum absolute atomic E-state index is 14.3. The molecule has 0 aromatic heterocycles. The van der Waals surface area contributed by atoms with Gasteiger partial charge in [-0.15, -0.1) is 0 Å². The van der Waals surface area contributed by atoms with Crippen molar-refractivity contribution in [2.75, 3.05) is 6.61 Å². The summed E-state index contributed by atoms with van der Waals surface area (Å²) < 4.78 is 6.83. The summed E-state index contributed by atoms with van der Waals surface area (Å²) in [5, 5.41) is 16.5. The number of nitrogens with zero attached hydrogens (tertiary/aromatic N) is 1. The lowest BCUT2D eigenvalue weighted by atomic mass is 9.65. The molecule has 3 fully saturated rings. The van der Waals surface area contributed by atoms with E-state index in [2.05, 4.69) is 31.4 Å². The highest BCUT2D eigenvalue weighted by Crippen LogP contribution is 2.64. The van der Waals surface area contributed by atoms with E-state index in [0.29, 0.717) is 32.2 Å². The molecule has 1 aromatic carbocycles. The van der Waals surface area contributed by atoms with Crippen LogP contribution in [0.5, 0.6) is 0 Å². The molecule has 3 aliphatic rings. The lowest BCUT2D eigenvalue weighted by molar-refractivity contribution is -0.152. The summed E-state index contributed by atoms with van der Waals surface area (Å²) in [7, 11) is 0. The maximum atomic E-state index is 14.3. The Balaban J connectivity index is 1.71. The molecule has 4 rings (SSSR count).